The van der Waals surface area contributed by atoms with Crippen molar-refractivity contribution in [1.29, 1.82) is 0 Å². The predicted molar refractivity (Wildman–Crippen MR) is 65.1 cm³/mol. The fraction of sp³-hybridized carbons (Fsp3) is 1.00. The average Bonchev–Trinajstić information content (AvgIpc) is 2.52. The summed E-state index contributed by atoms with van der Waals surface area (Å²) in [5.74, 6) is 0. The molecule has 1 saturated heterocycles. The molecule has 1 heterocycles. The largest absolute Gasteiger partial charge is 0.378 e. The van der Waals surface area contributed by atoms with E-state index in [-0.39, 0.29) is 5.54 Å². The summed E-state index contributed by atoms with van der Waals surface area (Å²) in [7, 11) is 0. The molecule has 0 bridgehead atoms. The monoisotopic (exact) mass is 213 g/mol. The molecule has 0 amide bonds. The van der Waals surface area contributed by atoms with Gasteiger partial charge in [-0.25, -0.2) is 0 Å². The van der Waals surface area contributed by atoms with E-state index in [0.717, 1.165) is 13.2 Å². The highest BCUT2D eigenvalue weighted by Crippen LogP contribution is 2.28. The molecule has 90 valence electrons. The highest BCUT2D eigenvalue weighted by molar-refractivity contribution is 4.81. The summed E-state index contributed by atoms with van der Waals surface area (Å²) in [5, 5.41) is 3.58. The Balaban J connectivity index is 2.30. The minimum atomic E-state index is 0.216. The fourth-order valence-electron chi connectivity index (χ4n) is 2.00. The van der Waals surface area contributed by atoms with Crippen molar-refractivity contribution in [3.8, 4) is 0 Å². The van der Waals surface area contributed by atoms with Gasteiger partial charge in [0.2, 0.25) is 0 Å². The molecule has 1 fully saturated rings. The van der Waals surface area contributed by atoms with E-state index in [1.54, 1.807) is 0 Å². The molecule has 1 aliphatic heterocycles. The Hall–Kier alpha value is -0.0800. The molecule has 1 unspecified atom stereocenters. The van der Waals surface area contributed by atoms with Gasteiger partial charge < -0.3 is 10.1 Å². The van der Waals surface area contributed by atoms with Gasteiger partial charge in [0, 0.05) is 18.7 Å². The molecular formula is C13H27NO. The molecule has 2 nitrogen and oxygen atoms in total. The topological polar surface area (TPSA) is 21.3 Å². The highest BCUT2D eigenvalue weighted by atomic mass is 16.5. The lowest BCUT2D eigenvalue weighted by atomic mass is 9.85. The van der Waals surface area contributed by atoms with E-state index in [1.807, 2.05) is 0 Å². The van der Waals surface area contributed by atoms with E-state index < -0.39 is 0 Å². The molecule has 0 saturated carbocycles. The van der Waals surface area contributed by atoms with E-state index in [2.05, 4.69) is 39.9 Å². The van der Waals surface area contributed by atoms with Crippen LogP contribution in [0.15, 0.2) is 0 Å². The van der Waals surface area contributed by atoms with Crippen LogP contribution in [0.25, 0.3) is 0 Å². The molecule has 1 N–H and O–H groups in total. The van der Waals surface area contributed by atoms with Gasteiger partial charge in [-0.05, 0) is 45.4 Å². The van der Waals surface area contributed by atoms with Crippen LogP contribution < -0.4 is 5.32 Å². The number of hydrogen-bond acceptors (Lipinski definition) is 2. The Kier molecular flexibility index (Phi) is 4.19. The van der Waals surface area contributed by atoms with Crippen molar-refractivity contribution in [2.24, 2.45) is 5.41 Å². The van der Waals surface area contributed by atoms with Crippen LogP contribution >= 0.6 is 0 Å². The second kappa shape index (κ2) is 4.84. The summed E-state index contributed by atoms with van der Waals surface area (Å²) < 4.78 is 5.69. The molecule has 0 aromatic carbocycles. The van der Waals surface area contributed by atoms with Crippen molar-refractivity contribution >= 4 is 0 Å². The zero-order valence-corrected chi connectivity index (χ0v) is 11.0. The zero-order chi connectivity index (χ0) is 11.5. The van der Waals surface area contributed by atoms with Crippen molar-refractivity contribution in [3.63, 3.8) is 0 Å². The standard InChI is InChI=1S/C13H27NO/c1-12(2,3)14-10-13(4,5)9-11-7-6-8-15-11/h11,14H,6-10H2,1-5H3. The Labute approximate surface area is 94.8 Å². The van der Waals surface area contributed by atoms with Gasteiger partial charge in [-0.2, -0.15) is 0 Å². The summed E-state index contributed by atoms with van der Waals surface area (Å²) in [6.45, 7) is 13.3. The van der Waals surface area contributed by atoms with Crippen LogP contribution in [0.4, 0.5) is 0 Å². The first kappa shape index (κ1) is 13.0. The van der Waals surface area contributed by atoms with Crippen molar-refractivity contribution in [2.45, 2.75) is 65.5 Å². The van der Waals surface area contributed by atoms with E-state index in [4.69, 9.17) is 4.74 Å². The Bertz CT molecular complexity index is 187. The van der Waals surface area contributed by atoms with Gasteiger partial charge in [-0.3, -0.25) is 0 Å². The van der Waals surface area contributed by atoms with Crippen LogP contribution in [-0.4, -0.2) is 24.8 Å². The van der Waals surface area contributed by atoms with E-state index in [1.165, 1.54) is 19.3 Å². The first-order valence-corrected chi connectivity index (χ1v) is 6.15. The molecular weight excluding hydrogens is 186 g/mol. The van der Waals surface area contributed by atoms with Gasteiger partial charge in [-0.1, -0.05) is 13.8 Å². The maximum Gasteiger partial charge on any atom is 0.0581 e. The van der Waals surface area contributed by atoms with E-state index in [9.17, 15) is 0 Å². The lowest BCUT2D eigenvalue weighted by Gasteiger charge is -2.32. The molecule has 2 heteroatoms. The van der Waals surface area contributed by atoms with Gasteiger partial charge in [0.25, 0.3) is 0 Å². The maximum atomic E-state index is 5.69. The second-order valence-electron chi connectivity index (χ2n) is 6.61. The fourth-order valence-corrected chi connectivity index (χ4v) is 2.00. The maximum absolute atomic E-state index is 5.69. The number of ether oxygens (including phenoxy) is 1. The molecule has 0 radical (unpaired) electrons. The van der Waals surface area contributed by atoms with Gasteiger partial charge in [0.15, 0.2) is 0 Å². The van der Waals surface area contributed by atoms with E-state index in [0.29, 0.717) is 11.5 Å². The van der Waals surface area contributed by atoms with Crippen LogP contribution in [-0.2, 0) is 4.74 Å². The minimum Gasteiger partial charge on any atom is -0.378 e. The number of nitrogens with one attached hydrogen (secondary N) is 1. The van der Waals surface area contributed by atoms with Crippen LogP contribution in [0.2, 0.25) is 0 Å². The third-order valence-electron chi connectivity index (χ3n) is 2.90. The molecule has 1 atom stereocenters. The van der Waals surface area contributed by atoms with Crippen molar-refractivity contribution in [1.82, 2.24) is 5.32 Å². The Morgan fingerprint density at radius 2 is 1.87 bits per heavy atom. The average molecular weight is 213 g/mol. The summed E-state index contributed by atoms with van der Waals surface area (Å²) in [6.07, 6.45) is 4.17. The first-order chi connectivity index (χ1) is 6.79. The van der Waals surface area contributed by atoms with Crippen LogP contribution in [0, 0.1) is 5.41 Å². The Morgan fingerprint density at radius 3 is 2.33 bits per heavy atom. The number of hydrogen-bond donors (Lipinski definition) is 1. The number of rotatable bonds is 4. The zero-order valence-electron chi connectivity index (χ0n) is 11.0. The van der Waals surface area contributed by atoms with Gasteiger partial charge >= 0.3 is 0 Å². The predicted octanol–water partition coefficient (Wildman–Crippen LogP) is 2.97. The van der Waals surface area contributed by atoms with Gasteiger partial charge in [0.05, 0.1) is 6.10 Å². The summed E-state index contributed by atoms with van der Waals surface area (Å²) >= 11 is 0. The van der Waals surface area contributed by atoms with Crippen molar-refractivity contribution < 1.29 is 4.74 Å². The molecule has 1 aliphatic rings. The quantitative estimate of drug-likeness (QED) is 0.775. The minimum absolute atomic E-state index is 0.216. The first-order valence-electron chi connectivity index (χ1n) is 6.15. The Morgan fingerprint density at radius 1 is 1.20 bits per heavy atom. The molecule has 15 heavy (non-hydrogen) atoms. The molecule has 0 aromatic rings. The van der Waals surface area contributed by atoms with Crippen molar-refractivity contribution in [2.75, 3.05) is 13.2 Å². The van der Waals surface area contributed by atoms with E-state index >= 15 is 0 Å². The lowest BCUT2D eigenvalue weighted by molar-refractivity contribution is 0.0693. The van der Waals surface area contributed by atoms with Crippen LogP contribution in [0.3, 0.4) is 0 Å². The highest BCUT2D eigenvalue weighted by Gasteiger charge is 2.27. The van der Waals surface area contributed by atoms with Gasteiger partial charge in [-0.15, -0.1) is 0 Å². The lowest BCUT2D eigenvalue weighted by Crippen LogP contribution is -2.42. The summed E-state index contributed by atoms with van der Waals surface area (Å²) in [6, 6.07) is 0. The van der Waals surface area contributed by atoms with Crippen LogP contribution in [0.5, 0.6) is 0 Å². The third kappa shape index (κ3) is 5.53. The third-order valence-corrected chi connectivity index (χ3v) is 2.90. The molecule has 0 aromatic heterocycles. The smallest absolute Gasteiger partial charge is 0.0581 e. The second-order valence-corrected chi connectivity index (χ2v) is 6.61. The van der Waals surface area contributed by atoms with Gasteiger partial charge in [0.1, 0.15) is 0 Å². The summed E-state index contributed by atoms with van der Waals surface area (Å²) in [5.41, 5.74) is 0.552. The van der Waals surface area contributed by atoms with Crippen molar-refractivity contribution in [3.05, 3.63) is 0 Å². The normalized spacial score (nSPS) is 23.4. The SMILES string of the molecule is CC(C)(CNC(C)(C)C)CC1CCCO1. The molecule has 1 rings (SSSR count). The molecule has 0 spiro atoms. The summed E-state index contributed by atoms with van der Waals surface area (Å²) in [4.78, 5) is 0. The van der Waals surface area contributed by atoms with Crippen LogP contribution in [0.1, 0.15) is 53.9 Å². The molecule has 0 aliphatic carbocycles.